The van der Waals surface area contributed by atoms with Crippen molar-refractivity contribution in [1.29, 1.82) is 0 Å². The number of amides is 1. The topological polar surface area (TPSA) is 59.2 Å². The molecule has 5 nitrogen and oxygen atoms in total. The van der Waals surface area contributed by atoms with Gasteiger partial charge in [0.25, 0.3) is 5.91 Å². The lowest BCUT2D eigenvalue weighted by Gasteiger charge is -2.18. The maximum atomic E-state index is 13.0. The average molecular weight is 363 g/mol. The van der Waals surface area contributed by atoms with Crippen molar-refractivity contribution in [3.63, 3.8) is 0 Å². The van der Waals surface area contributed by atoms with Gasteiger partial charge in [-0.1, -0.05) is 23.5 Å². The fourth-order valence-electron chi connectivity index (χ4n) is 2.91. The van der Waals surface area contributed by atoms with Crippen LogP contribution in [0.15, 0.2) is 59.5 Å². The molecule has 3 heterocycles. The number of aryl methyl sites for hydroxylation is 2. The highest BCUT2D eigenvalue weighted by atomic mass is 32.1. The van der Waals surface area contributed by atoms with Crippen molar-refractivity contribution in [3.8, 4) is 0 Å². The van der Waals surface area contributed by atoms with E-state index < -0.39 is 0 Å². The number of thiazole rings is 1. The summed E-state index contributed by atoms with van der Waals surface area (Å²) in [4.78, 5) is 23.5. The standard InChI is InChI=1S/C20H17N3O2S/c1-13-9-14(2)18-16(10-13)22-20(26-18)23(12-15-5-3-7-21-11-15)19(24)17-6-4-8-25-17/h3-11H,12H2,1-2H3. The van der Waals surface area contributed by atoms with Gasteiger partial charge in [0.2, 0.25) is 0 Å². The largest absolute Gasteiger partial charge is 0.459 e. The van der Waals surface area contributed by atoms with Crippen molar-refractivity contribution in [2.75, 3.05) is 4.90 Å². The Bertz CT molecular complexity index is 1060. The average Bonchev–Trinajstić information content (AvgIpc) is 3.29. The quantitative estimate of drug-likeness (QED) is 0.525. The second-order valence-corrected chi connectivity index (χ2v) is 7.13. The minimum absolute atomic E-state index is 0.215. The molecule has 6 heteroatoms. The van der Waals surface area contributed by atoms with E-state index in [1.54, 1.807) is 29.4 Å². The molecule has 26 heavy (non-hydrogen) atoms. The predicted molar refractivity (Wildman–Crippen MR) is 103 cm³/mol. The van der Waals surface area contributed by atoms with Crippen molar-refractivity contribution in [1.82, 2.24) is 9.97 Å². The molecule has 0 aliphatic carbocycles. The van der Waals surface area contributed by atoms with Gasteiger partial charge in [0.1, 0.15) is 0 Å². The zero-order valence-corrected chi connectivity index (χ0v) is 15.3. The van der Waals surface area contributed by atoms with Crippen LogP contribution < -0.4 is 4.90 Å². The smallest absolute Gasteiger partial charge is 0.296 e. The molecule has 4 aromatic rings. The van der Waals surface area contributed by atoms with Crippen LogP contribution >= 0.6 is 11.3 Å². The molecule has 0 spiro atoms. The first-order chi connectivity index (χ1) is 12.6. The first-order valence-corrected chi connectivity index (χ1v) is 9.05. The van der Waals surface area contributed by atoms with Gasteiger partial charge in [-0.3, -0.25) is 14.7 Å². The molecule has 0 aliphatic rings. The monoisotopic (exact) mass is 363 g/mol. The number of furan rings is 1. The second-order valence-electron chi connectivity index (χ2n) is 6.16. The summed E-state index contributed by atoms with van der Waals surface area (Å²) in [5.74, 6) is 0.0772. The molecule has 0 saturated heterocycles. The second kappa shape index (κ2) is 6.72. The lowest BCUT2D eigenvalue weighted by molar-refractivity contribution is 0.0958. The molecular weight excluding hydrogens is 346 g/mol. The predicted octanol–water partition coefficient (Wildman–Crippen LogP) is 4.75. The highest BCUT2D eigenvalue weighted by molar-refractivity contribution is 7.22. The summed E-state index contributed by atoms with van der Waals surface area (Å²) in [6.07, 6.45) is 4.97. The Hall–Kier alpha value is -2.99. The molecule has 0 fully saturated rings. The zero-order valence-electron chi connectivity index (χ0n) is 14.5. The SMILES string of the molecule is Cc1cc(C)c2sc(N(Cc3cccnc3)C(=O)c3ccco3)nc2c1. The Morgan fingerprint density at radius 3 is 2.85 bits per heavy atom. The van der Waals surface area contributed by atoms with Crippen molar-refractivity contribution in [2.45, 2.75) is 20.4 Å². The van der Waals surface area contributed by atoms with E-state index in [0.29, 0.717) is 17.4 Å². The molecular formula is C20H17N3O2S. The van der Waals surface area contributed by atoms with E-state index in [1.165, 1.54) is 17.6 Å². The molecule has 0 saturated carbocycles. The minimum Gasteiger partial charge on any atom is -0.459 e. The fourth-order valence-corrected chi connectivity index (χ4v) is 3.93. The van der Waals surface area contributed by atoms with Gasteiger partial charge >= 0.3 is 0 Å². The van der Waals surface area contributed by atoms with Gasteiger partial charge in [0.15, 0.2) is 10.9 Å². The Kier molecular flexibility index (Phi) is 4.26. The fraction of sp³-hybridized carbons (Fsp3) is 0.150. The van der Waals surface area contributed by atoms with Crippen molar-refractivity contribution in [2.24, 2.45) is 0 Å². The van der Waals surface area contributed by atoms with Gasteiger partial charge < -0.3 is 4.42 Å². The maximum Gasteiger partial charge on any atom is 0.296 e. The summed E-state index contributed by atoms with van der Waals surface area (Å²) in [5, 5.41) is 0.652. The normalized spacial score (nSPS) is 11.0. The molecule has 0 unspecified atom stereocenters. The summed E-state index contributed by atoms with van der Waals surface area (Å²) in [6.45, 7) is 4.50. The van der Waals surface area contributed by atoms with E-state index >= 15 is 0 Å². The number of aromatic nitrogens is 2. The number of rotatable bonds is 4. The van der Waals surface area contributed by atoms with Crippen molar-refractivity contribution in [3.05, 3.63) is 77.5 Å². The van der Waals surface area contributed by atoms with E-state index in [-0.39, 0.29) is 5.91 Å². The molecule has 0 aliphatic heterocycles. The number of carbonyl (C=O) groups excluding carboxylic acids is 1. The molecule has 0 atom stereocenters. The molecule has 0 N–H and O–H groups in total. The summed E-state index contributed by atoms with van der Waals surface area (Å²) < 4.78 is 6.41. The Labute approximate surface area is 154 Å². The highest BCUT2D eigenvalue weighted by Crippen LogP contribution is 2.33. The molecule has 3 aromatic heterocycles. The van der Waals surface area contributed by atoms with E-state index in [2.05, 4.69) is 18.0 Å². The van der Waals surface area contributed by atoms with Crippen LogP contribution in [-0.2, 0) is 6.54 Å². The Morgan fingerprint density at radius 1 is 1.23 bits per heavy atom. The third kappa shape index (κ3) is 3.11. The summed E-state index contributed by atoms with van der Waals surface area (Å²) in [5.41, 5.74) is 4.16. The number of hydrogen-bond donors (Lipinski definition) is 0. The number of anilines is 1. The lowest BCUT2D eigenvalue weighted by Crippen LogP contribution is -2.30. The maximum absolute atomic E-state index is 13.0. The van der Waals surface area contributed by atoms with Gasteiger partial charge in [-0.05, 0) is 54.8 Å². The van der Waals surface area contributed by atoms with Crippen LogP contribution in [0.1, 0.15) is 27.2 Å². The number of hydrogen-bond acceptors (Lipinski definition) is 5. The van der Waals surface area contributed by atoms with Crippen molar-refractivity contribution < 1.29 is 9.21 Å². The van der Waals surface area contributed by atoms with Crippen molar-refractivity contribution >= 4 is 32.6 Å². The van der Waals surface area contributed by atoms with Crippen LogP contribution in [-0.4, -0.2) is 15.9 Å². The zero-order chi connectivity index (χ0) is 18.1. The lowest BCUT2D eigenvalue weighted by atomic mass is 10.1. The minimum atomic E-state index is -0.215. The number of benzene rings is 1. The van der Waals surface area contributed by atoms with Gasteiger partial charge in [-0.15, -0.1) is 0 Å². The van der Waals surface area contributed by atoms with E-state index in [0.717, 1.165) is 26.9 Å². The molecule has 0 radical (unpaired) electrons. The number of nitrogens with zero attached hydrogens (tertiary/aromatic N) is 3. The third-order valence-electron chi connectivity index (χ3n) is 4.08. The van der Waals surface area contributed by atoms with E-state index in [4.69, 9.17) is 9.40 Å². The number of carbonyl (C=O) groups is 1. The van der Waals surface area contributed by atoms with Crippen LogP contribution in [0.5, 0.6) is 0 Å². The third-order valence-corrected chi connectivity index (χ3v) is 5.31. The highest BCUT2D eigenvalue weighted by Gasteiger charge is 2.24. The summed E-state index contributed by atoms with van der Waals surface area (Å²) in [6, 6.07) is 11.4. The molecule has 4 rings (SSSR count). The molecule has 1 amide bonds. The van der Waals surface area contributed by atoms with Crippen LogP contribution in [0.3, 0.4) is 0 Å². The first kappa shape index (κ1) is 16.5. The summed E-state index contributed by atoms with van der Waals surface area (Å²) >= 11 is 1.52. The van der Waals surface area contributed by atoms with E-state index in [1.807, 2.05) is 25.1 Å². The molecule has 0 bridgehead atoms. The van der Waals surface area contributed by atoms with E-state index in [9.17, 15) is 4.79 Å². The Morgan fingerprint density at radius 2 is 2.12 bits per heavy atom. The molecule has 1 aromatic carbocycles. The van der Waals surface area contributed by atoms with Crippen LogP contribution in [0, 0.1) is 13.8 Å². The van der Waals surface area contributed by atoms with Crippen LogP contribution in [0.4, 0.5) is 5.13 Å². The van der Waals surface area contributed by atoms with Gasteiger partial charge in [-0.2, -0.15) is 0 Å². The van der Waals surface area contributed by atoms with Gasteiger partial charge in [0, 0.05) is 12.4 Å². The number of fused-ring (bicyclic) bond motifs is 1. The summed E-state index contributed by atoms with van der Waals surface area (Å²) in [7, 11) is 0. The Balaban J connectivity index is 1.79. The van der Waals surface area contributed by atoms with Gasteiger partial charge in [0.05, 0.1) is 23.0 Å². The molecule has 130 valence electrons. The first-order valence-electron chi connectivity index (χ1n) is 8.24. The number of pyridine rings is 1. The van der Waals surface area contributed by atoms with Crippen LogP contribution in [0.2, 0.25) is 0 Å². The van der Waals surface area contributed by atoms with Gasteiger partial charge in [-0.25, -0.2) is 4.98 Å². The van der Waals surface area contributed by atoms with Crippen LogP contribution in [0.25, 0.3) is 10.2 Å².